The van der Waals surface area contributed by atoms with Crippen LogP contribution in [0.15, 0.2) is 18.2 Å². The van der Waals surface area contributed by atoms with Gasteiger partial charge in [-0.3, -0.25) is 4.79 Å². The van der Waals surface area contributed by atoms with Gasteiger partial charge in [-0.05, 0) is 18.2 Å². The van der Waals surface area contributed by atoms with Crippen LogP contribution in [0.2, 0.25) is 5.02 Å². The van der Waals surface area contributed by atoms with Crippen molar-refractivity contribution in [2.24, 2.45) is 0 Å². The van der Waals surface area contributed by atoms with Crippen LogP contribution >= 0.6 is 11.6 Å². The number of nitriles is 1. The van der Waals surface area contributed by atoms with Crippen molar-refractivity contribution < 1.29 is 14.3 Å². The van der Waals surface area contributed by atoms with Crippen molar-refractivity contribution in [3.8, 4) is 6.07 Å². The zero-order valence-electron chi connectivity index (χ0n) is 9.98. The Balaban J connectivity index is 2.47. The molecule has 1 amide bonds. The number of carbonyl (C=O) groups excluding carboxylic acids is 2. The molecule has 1 aromatic carbocycles. The van der Waals surface area contributed by atoms with Crippen molar-refractivity contribution in [3.63, 3.8) is 0 Å². The Morgan fingerprint density at radius 2 is 2.16 bits per heavy atom. The highest BCUT2D eigenvalue weighted by Crippen LogP contribution is 2.17. The number of amides is 1. The summed E-state index contributed by atoms with van der Waals surface area (Å²) in [4.78, 5) is 22.9. The van der Waals surface area contributed by atoms with E-state index in [1.54, 1.807) is 0 Å². The van der Waals surface area contributed by atoms with Crippen molar-refractivity contribution in [2.75, 3.05) is 18.9 Å². The van der Waals surface area contributed by atoms with Crippen LogP contribution in [-0.4, -0.2) is 25.0 Å². The molecular weight excluding hydrogens is 270 g/mol. The monoisotopic (exact) mass is 281 g/mol. The fraction of sp³-hybridized carbons (Fsp3) is 0.250. The highest BCUT2D eigenvalue weighted by molar-refractivity contribution is 6.31. The molecule has 0 fully saturated rings. The van der Waals surface area contributed by atoms with E-state index in [0.717, 1.165) is 0 Å². The molecule has 1 rings (SSSR count). The van der Waals surface area contributed by atoms with Gasteiger partial charge in [0, 0.05) is 17.3 Å². The van der Waals surface area contributed by atoms with Gasteiger partial charge in [-0.15, -0.1) is 0 Å². The average molecular weight is 282 g/mol. The molecule has 0 aromatic heterocycles. The average Bonchev–Trinajstić information content (AvgIpc) is 2.35. The van der Waals surface area contributed by atoms with E-state index < -0.39 is 18.5 Å². The molecule has 3 N–H and O–H groups in total. The molecule has 0 saturated heterocycles. The van der Waals surface area contributed by atoms with Gasteiger partial charge in [0.1, 0.15) is 0 Å². The minimum absolute atomic E-state index is 0.176. The molecule has 100 valence electrons. The summed E-state index contributed by atoms with van der Waals surface area (Å²) in [7, 11) is 0. The lowest BCUT2D eigenvalue weighted by atomic mass is 10.2. The zero-order chi connectivity index (χ0) is 14.3. The summed E-state index contributed by atoms with van der Waals surface area (Å²) in [5.74, 6) is -1.16. The number of nitrogens with zero attached hydrogens (tertiary/aromatic N) is 1. The van der Waals surface area contributed by atoms with Crippen molar-refractivity contribution in [2.45, 2.75) is 6.42 Å². The third-order valence-corrected chi connectivity index (χ3v) is 2.27. The molecule has 0 radical (unpaired) electrons. The van der Waals surface area contributed by atoms with E-state index in [-0.39, 0.29) is 18.5 Å². The maximum absolute atomic E-state index is 11.6. The van der Waals surface area contributed by atoms with E-state index in [2.05, 4.69) is 5.32 Å². The van der Waals surface area contributed by atoms with Gasteiger partial charge in [0.2, 0.25) is 0 Å². The van der Waals surface area contributed by atoms with Gasteiger partial charge in [0.25, 0.3) is 5.91 Å². The van der Waals surface area contributed by atoms with Gasteiger partial charge in [-0.25, -0.2) is 4.79 Å². The molecule has 0 spiro atoms. The molecule has 1 aromatic rings. The lowest BCUT2D eigenvalue weighted by molar-refractivity contribution is -0.124. The van der Waals surface area contributed by atoms with E-state index in [4.69, 9.17) is 27.3 Å². The number of nitrogens with two attached hydrogens (primary N) is 1. The van der Waals surface area contributed by atoms with E-state index in [0.29, 0.717) is 10.7 Å². The summed E-state index contributed by atoms with van der Waals surface area (Å²) < 4.78 is 4.78. The second kappa shape index (κ2) is 7.24. The van der Waals surface area contributed by atoms with E-state index in [1.165, 1.54) is 18.2 Å². The number of esters is 1. The fourth-order valence-electron chi connectivity index (χ4n) is 1.25. The lowest BCUT2D eigenvalue weighted by Crippen LogP contribution is -2.29. The summed E-state index contributed by atoms with van der Waals surface area (Å²) in [5, 5.41) is 11.0. The summed E-state index contributed by atoms with van der Waals surface area (Å²) >= 11 is 5.74. The summed E-state index contributed by atoms with van der Waals surface area (Å²) in [6, 6.07) is 6.17. The molecule has 0 atom stereocenters. The molecule has 0 aliphatic rings. The highest BCUT2D eigenvalue weighted by Gasteiger charge is 2.11. The number of benzene rings is 1. The van der Waals surface area contributed by atoms with E-state index in [1.807, 2.05) is 6.07 Å². The number of nitrogen functional groups attached to an aromatic ring is 1. The molecule has 6 nitrogen and oxygen atoms in total. The smallest absolute Gasteiger partial charge is 0.338 e. The Morgan fingerprint density at radius 1 is 1.42 bits per heavy atom. The van der Waals surface area contributed by atoms with Gasteiger partial charge in [-0.1, -0.05) is 11.6 Å². The summed E-state index contributed by atoms with van der Waals surface area (Å²) in [5.41, 5.74) is 6.04. The van der Waals surface area contributed by atoms with Crippen molar-refractivity contribution in [3.05, 3.63) is 28.8 Å². The van der Waals surface area contributed by atoms with Gasteiger partial charge in [0.15, 0.2) is 6.61 Å². The number of halogens is 1. The third kappa shape index (κ3) is 5.27. The maximum Gasteiger partial charge on any atom is 0.338 e. The van der Waals surface area contributed by atoms with Crippen LogP contribution in [0.4, 0.5) is 5.69 Å². The quantitative estimate of drug-likeness (QED) is 0.478. The fourth-order valence-corrected chi connectivity index (χ4v) is 1.50. The standard InChI is InChI=1S/C12H12ClN3O3/c13-9-4-8(5-10(15)6-9)12(18)19-7-11(17)16-3-1-2-14/h4-6H,1,3,7,15H2,(H,16,17). The Hall–Kier alpha value is -2.26. The Morgan fingerprint density at radius 3 is 2.79 bits per heavy atom. The number of hydrogen-bond acceptors (Lipinski definition) is 5. The van der Waals surface area contributed by atoms with Crippen molar-refractivity contribution >= 4 is 29.2 Å². The second-order valence-corrected chi connectivity index (χ2v) is 4.04. The molecule has 0 saturated carbocycles. The predicted octanol–water partition coefficient (Wildman–Crippen LogP) is 1.11. The topological polar surface area (TPSA) is 105 Å². The van der Waals surface area contributed by atoms with Gasteiger partial charge in [-0.2, -0.15) is 5.26 Å². The number of carbonyl (C=O) groups is 2. The SMILES string of the molecule is N#CCCNC(=O)COC(=O)c1cc(N)cc(Cl)c1. The Kier molecular flexibility index (Phi) is 5.64. The van der Waals surface area contributed by atoms with Crippen LogP contribution < -0.4 is 11.1 Å². The van der Waals surface area contributed by atoms with Crippen molar-refractivity contribution in [1.82, 2.24) is 5.32 Å². The van der Waals surface area contributed by atoms with Crippen LogP contribution in [0.5, 0.6) is 0 Å². The first-order valence-electron chi connectivity index (χ1n) is 5.40. The van der Waals surface area contributed by atoms with Crippen LogP contribution in [0.3, 0.4) is 0 Å². The second-order valence-electron chi connectivity index (χ2n) is 3.61. The lowest BCUT2D eigenvalue weighted by Gasteiger charge is -2.06. The molecule has 0 unspecified atom stereocenters. The third-order valence-electron chi connectivity index (χ3n) is 2.05. The zero-order valence-corrected chi connectivity index (χ0v) is 10.7. The van der Waals surface area contributed by atoms with Crippen LogP contribution in [0.1, 0.15) is 16.8 Å². The number of hydrogen-bond donors (Lipinski definition) is 2. The minimum atomic E-state index is -0.690. The molecule has 0 aliphatic carbocycles. The van der Waals surface area contributed by atoms with Crippen LogP contribution in [0, 0.1) is 11.3 Å². The molecule has 0 heterocycles. The Labute approximate surface area is 115 Å². The first-order valence-corrected chi connectivity index (χ1v) is 5.77. The maximum atomic E-state index is 11.6. The largest absolute Gasteiger partial charge is 0.452 e. The molecule has 0 bridgehead atoms. The summed E-state index contributed by atoms with van der Waals surface area (Å²) in [6.07, 6.45) is 0.199. The first kappa shape index (κ1) is 14.8. The predicted molar refractivity (Wildman–Crippen MR) is 69.4 cm³/mol. The number of ether oxygens (including phenoxy) is 1. The van der Waals surface area contributed by atoms with E-state index >= 15 is 0 Å². The molecule has 7 heteroatoms. The van der Waals surface area contributed by atoms with E-state index in [9.17, 15) is 9.59 Å². The van der Waals surface area contributed by atoms with Crippen molar-refractivity contribution in [1.29, 1.82) is 5.26 Å². The number of rotatable bonds is 5. The van der Waals surface area contributed by atoms with Gasteiger partial charge in [0.05, 0.1) is 18.1 Å². The first-order chi connectivity index (χ1) is 9.02. The molecular formula is C12H12ClN3O3. The number of anilines is 1. The Bertz CT molecular complexity index is 505. The molecule has 0 aliphatic heterocycles. The van der Waals surface area contributed by atoms with Gasteiger partial charge < -0.3 is 15.8 Å². The highest BCUT2D eigenvalue weighted by atomic mass is 35.5. The molecule has 19 heavy (non-hydrogen) atoms. The number of nitrogens with one attached hydrogen (secondary N) is 1. The van der Waals surface area contributed by atoms with Gasteiger partial charge >= 0.3 is 5.97 Å². The summed E-state index contributed by atoms with van der Waals surface area (Å²) in [6.45, 7) is -0.201. The minimum Gasteiger partial charge on any atom is -0.452 e. The van der Waals surface area contributed by atoms with Crippen LogP contribution in [-0.2, 0) is 9.53 Å². The van der Waals surface area contributed by atoms with Crippen LogP contribution in [0.25, 0.3) is 0 Å². The normalized spacial score (nSPS) is 9.47.